The lowest BCUT2D eigenvalue weighted by atomic mass is 10.2. The van der Waals surface area contributed by atoms with E-state index < -0.39 is 0 Å². The van der Waals surface area contributed by atoms with Gasteiger partial charge < -0.3 is 9.80 Å². The van der Waals surface area contributed by atoms with E-state index in [4.69, 9.17) is 0 Å². The molecule has 0 spiro atoms. The molecule has 1 saturated heterocycles. The van der Waals surface area contributed by atoms with Crippen molar-refractivity contribution < 1.29 is 4.79 Å². The van der Waals surface area contributed by atoms with Gasteiger partial charge in [0.2, 0.25) is 5.91 Å². The standard InChI is InChI=1S/C16H20N4OS/c1-19(9-11-4-5-11)16(21)13-3-2-7-20(13)14-12-6-8-22-15(12)18-10-17-14/h6,8,10-11,13H,2-5,7,9H2,1H3. The third-order valence-electron chi connectivity index (χ3n) is 4.66. The highest BCUT2D eigenvalue weighted by molar-refractivity contribution is 7.16. The van der Waals surface area contributed by atoms with E-state index in [1.807, 2.05) is 17.3 Å². The number of rotatable bonds is 4. The topological polar surface area (TPSA) is 49.3 Å². The molecule has 1 unspecified atom stereocenters. The van der Waals surface area contributed by atoms with Crippen LogP contribution in [0.5, 0.6) is 0 Å². The minimum atomic E-state index is -0.0678. The van der Waals surface area contributed by atoms with E-state index in [1.54, 1.807) is 17.7 Å². The van der Waals surface area contributed by atoms with Crippen LogP contribution < -0.4 is 4.90 Å². The first-order valence-electron chi connectivity index (χ1n) is 7.94. The highest BCUT2D eigenvalue weighted by Gasteiger charge is 2.35. The molecule has 3 heterocycles. The maximum Gasteiger partial charge on any atom is 0.245 e. The number of thiophene rings is 1. The molecule has 2 aromatic rings. The number of carbonyl (C=O) groups is 1. The zero-order valence-corrected chi connectivity index (χ0v) is 13.6. The fourth-order valence-electron chi connectivity index (χ4n) is 3.31. The minimum absolute atomic E-state index is 0.0678. The van der Waals surface area contributed by atoms with Crippen molar-refractivity contribution in [1.29, 1.82) is 0 Å². The van der Waals surface area contributed by atoms with Crippen LogP contribution in [0.3, 0.4) is 0 Å². The number of anilines is 1. The van der Waals surface area contributed by atoms with Gasteiger partial charge in [-0.15, -0.1) is 11.3 Å². The number of amides is 1. The Morgan fingerprint density at radius 2 is 2.27 bits per heavy atom. The molecule has 2 aromatic heterocycles. The first-order chi connectivity index (χ1) is 10.7. The van der Waals surface area contributed by atoms with E-state index in [2.05, 4.69) is 20.9 Å². The van der Waals surface area contributed by atoms with Crippen LogP contribution in [0.4, 0.5) is 5.82 Å². The largest absolute Gasteiger partial charge is 0.344 e. The fourth-order valence-corrected chi connectivity index (χ4v) is 4.04. The van der Waals surface area contributed by atoms with Gasteiger partial charge in [0.15, 0.2) is 0 Å². The molecule has 1 aliphatic carbocycles. The second-order valence-corrected chi connectivity index (χ2v) is 7.24. The molecule has 0 aromatic carbocycles. The average Bonchev–Trinajstić information content (AvgIpc) is 3.05. The van der Waals surface area contributed by atoms with E-state index in [9.17, 15) is 4.79 Å². The zero-order chi connectivity index (χ0) is 15.1. The summed E-state index contributed by atoms with van der Waals surface area (Å²) in [6, 6.07) is 1.99. The molecule has 1 saturated carbocycles. The summed E-state index contributed by atoms with van der Waals surface area (Å²) in [5.74, 6) is 1.89. The quantitative estimate of drug-likeness (QED) is 0.870. The molecule has 4 rings (SSSR count). The Balaban J connectivity index is 1.60. The number of nitrogens with zero attached hydrogens (tertiary/aromatic N) is 4. The summed E-state index contributed by atoms with van der Waals surface area (Å²) in [6.07, 6.45) is 6.12. The average molecular weight is 316 g/mol. The van der Waals surface area contributed by atoms with Gasteiger partial charge in [0.05, 0.1) is 5.39 Å². The van der Waals surface area contributed by atoms with E-state index in [1.165, 1.54) is 12.8 Å². The van der Waals surface area contributed by atoms with Gasteiger partial charge in [-0.3, -0.25) is 4.79 Å². The molecule has 0 bridgehead atoms. The van der Waals surface area contributed by atoms with Crippen molar-refractivity contribution in [1.82, 2.24) is 14.9 Å². The number of carbonyl (C=O) groups excluding carboxylic acids is 1. The van der Waals surface area contributed by atoms with Crippen molar-refractivity contribution in [3.63, 3.8) is 0 Å². The van der Waals surface area contributed by atoms with Crippen molar-refractivity contribution in [2.45, 2.75) is 31.7 Å². The summed E-state index contributed by atoms with van der Waals surface area (Å²) in [5, 5.41) is 3.10. The highest BCUT2D eigenvalue weighted by Crippen LogP contribution is 2.33. The predicted octanol–water partition coefficient (Wildman–Crippen LogP) is 2.53. The second-order valence-electron chi connectivity index (χ2n) is 6.35. The molecule has 0 N–H and O–H groups in total. The molecule has 1 aliphatic heterocycles. The number of aromatic nitrogens is 2. The van der Waals surface area contributed by atoms with Gasteiger partial charge in [-0.1, -0.05) is 0 Å². The van der Waals surface area contributed by atoms with Gasteiger partial charge in [-0.2, -0.15) is 0 Å². The molecule has 1 amide bonds. The Bertz CT molecular complexity index is 696. The van der Waals surface area contributed by atoms with Crippen molar-refractivity contribution >= 4 is 33.3 Å². The van der Waals surface area contributed by atoms with E-state index in [-0.39, 0.29) is 11.9 Å². The minimum Gasteiger partial charge on any atom is -0.344 e. The number of hydrogen-bond donors (Lipinski definition) is 0. The van der Waals surface area contributed by atoms with Crippen LogP contribution in [-0.2, 0) is 4.79 Å². The molecule has 1 atom stereocenters. The van der Waals surface area contributed by atoms with Crippen LogP contribution in [0, 0.1) is 5.92 Å². The summed E-state index contributed by atoms with van der Waals surface area (Å²) in [5.41, 5.74) is 0. The molecular formula is C16H20N4OS. The Morgan fingerprint density at radius 1 is 1.41 bits per heavy atom. The molecule has 5 nitrogen and oxygen atoms in total. The van der Waals surface area contributed by atoms with Crippen molar-refractivity contribution in [2.24, 2.45) is 5.92 Å². The van der Waals surface area contributed by atoms with Crippen LogP contribution in [0.25, 0.3) is 10.2 Å². The third kappa shape index (κ3) is 2.45. The Morgan fingerprint density at radius 3 is 3.09 bits per heavy atom. The van der Waals surface area contributed by atoms with Crippen LogP contribution in [-0.4, -0.2) is 47.0 Å². The number of likely N-dealkylation sites (N-methyl/N-ethyl adjacent to an activating group) is 1. The zero-order valence-electron chi connectivity index (χ0n) is 12.7. The molecule has 2 aliphatic rings. The lowest BCUT2D eigenvalue weighted by molar-refractivity contribution is -0.131. The Kier molecular flexibility index (Phi) is 3.48. The van der Waals surface area contributed by atoms with Crippen LogP contribution >= 0.6 is 11.3 Å². The Hall–Kier alpha value is -1.69. The van der Waals surface area contributed by atoms with Gasteiger partial charge >= 0.3 is 0 Å². The smallest absolute Gasteiger partial charge is 0.245 e. The van der Waals surface area contributed by atoms with Crippen molar-refractivity contribution in [3.8, 4) is 0 Å². The summed E-state index contributed by atoms with van der Waals surface area (Å²) < 4.78 is 0. The first kappa shape index (κ1) is 13.9. The molecule has 6 heteroatoms. The van der Waals surface area contributed by atoms with E-state index in [0.29, 0.717) is 0 Å². The maximum atomic E-state index is 12.8. The van der Waals surface area contributed by atoms with E-state index in [0.717, 1.165) is 47.9 Å². The highest BCUT2D eigenvalue weighted by atomic mass is 32.1. The summed E-state index contributed by atoms with van der Waals surface area (Å²) in [7, 11) is 1.94. The Labute approximate surface area is 134 Å². The monoisotopic (exact) mass is 316 g/mol. The fraction of sp³-hybridized carbons (Fsp3) is 0.562. The van der Waals surface area contributed by atoms with E-state index >= 15 is 0 Å². The molecule has 116 valence electrons. The summed E-state index contributed by atoms with van der Waals surface area (Å²) >= 11 is 1.62. The first-order valence-corrected chi connectivity index (χ1v) is 8.82. The number of fused-ring (bicyclic) bond motifs is 1. The van der Waals surface area contributed by atoms with Gasteiger partial charge in [-0.05, 0) is 43.0 Å². The lowest BCUT2D eigenvalue weighted by Gasteiger charge is -2.29. The van der Waals surface area contributed by atoms with Crippen molar-refractivity contribution in [2.75, 3.05) is 25.0 Å². The third-order valence-corrected chi connectivity index (χ3v) is 5.48. The summed E-state index contributed by atoms with van der Waals surface area (Å²) in [6.45, 7) is 1.80. The second kappa shape index (κ2) is 5.50. The predicted molar refractivity (Wildman–Crippen MR) is 88.1 cm³/mol. The van der Waals surface area contributed by atoms with Gasteiger partial charge in [-0.25, -0.2) is 9.97 Å². The van der Waals surface area contributed by atoms with Gasteiger partial charge in [0, 0.05) is 20.1 Å². The summed E-state index contributed by atoms with van der Waals surface area (Å²) in [4.78, 5) is 26.7. The SMILES string of the molecule is CN(CC1CC1)C(=O)C1CCCN1c1ncnc2sccc12. The van der Waals surface area contributed by atoms with Crippen LogP contribution in [0.1, 0.15) is 25.7 Å². The van der Waals surface area contributed by atoms with Crippen molar-refractivity contribution in [3.05, 3.63) is 17.8 Å². The van der Waals surface area contributed by atoms with Gasteiger partial charge in [0.1, 0.15) is 23.0 Å². The molecule has 2 fully saturated rings. The maximum absolute atomic E-state index is 12.8. The molecular weight excluding hydrogens is 296 g/mol. The molecule has 22 heavy (non-hydrogen) atoms. The van der Waals surface area contributed by atoms with Crippen LogP contribution in [0.15, 0.2) is 17.8 Å². The number of hydrogen-bond acceptors (Lipinski definition) is 5. The lowest BCUT2D eigenvalue weighted by Crippen LogP contribution is -2.45. The normalized spacial score (nSPS) is 21.5. The molecule has 0 radical (unpaired) electrons. The van der Waals surface area contributed by atoms with Gasteiger partial charge in [0.25, 0.3) is 0 Å². The van der Waals surface area contributed by atoms with Crippen LogP contribution in [0.2, 0.25) is 0 Å².